The van der Waals surface area contributed by atoms with Crippen LogP contribution in [0.2, 0.25) is 0 Å². The van der Waals surface area contributed by atoms with Crippen molar-refractivity contribution in [2.45, 2.75) is 50.9 Å². The zero-order chi connectivity index (χ0) is 28.9. The van der Waals surface area contributed by atoms with Crippen LogP contribution in [-0.2, 0) is 17.5 Å². The molecule has 41 heavy (non-hydrogen) atoms. The Morgan fingerprint density at radius 2 is 1.73 bits per heavy atom. The Kier molecular flexibility index (Phi) is 6.55. The minimum absolute atomic E-state index is 0.0749. The van der Waals surface area contributed by atoms with E-state index < -0.39 is 23.5 Å². The molecule has 2 aliphatic carbocycles. The van der Waals surface area contributed by atoms with Crippen molar-refractivity contribution >= 4 is 22.9 Å². The molecule has 11 heteroatoms. The van der Waals surface area contributed by atoms with Gasteiger partial charge in [-0.2, -0.15) is 13.2 Å². The van der Waals surface area contributed by atoms with E-state index in [2.05, 4.69) is 15.6 Å². The molecule has 2 N–H and O–H groups in total. The zero-order valence-electron chi connectivity index (χ0n) is 21.8. The zero-order valence-corrected chi connectivity index (χ0v) is 21.8. The number of halogens is 4. The summed E-state index contributed by atoms with van der Waals surface area (Å²) in [4.78, 5) is 24.6. The standard InChI is InChI=1S/C30H26F4N4O3/c31-24-4-2-1-3-22(24)19-10-23(28(41)35-21-14-29(15-21)12-18(13-29)9-26(39)40)27-25(11-19)36-37-38(27)16-17-5-7-20(8-6-17)30(32,33)34/h1-8,10-11,18,21H,9,12-16H2,(H,35,41)(H,39,40). The number of alkyl halides is 3. The number of amides is 1. The summed E-state index contributed by atoms with van der Waals surface area (Å²) in [5.41, 5.74) is 1.56. The number of benzene rings is 3. The topological polar surface area (TPSA) is 97.1 Å². The van der Waals surface area contributed by atoms with Crippen LogP contribution < -0.4 is 5.32 Å². The van der Waals surface area contributed by atoms with Crippen molar-refractivity contribution in [1.82, 2.24) is 20.3 Å². The number of nitrogens with zero attached hydrogens (tertiary/aromatic N) is 3. The molecule has 0 bridgehead atoms. The van der Waals surface area contributed by atoms with E-state index in [4.69, 9.17) is 5.11 Å². The van der Waals surface area contributed by atoms with E-state index >= 15 is 0 Å². The molecule has 2 saturated carbocycles. The van der Waals surface area contributed by atoms with E-state index in [9.17, 15) is 27.2 Å². The van der Waals surface area contributed by atoms with Crippen LogP contribution in [0.25, 0.3) is 22.2 Å². The lowest BCUT2D eigenvalue weighted by Gasteiger charge is -2.57. The first-order valence-corrected chi connectivity index (χ1v) is 13.3. The number of aliphatic carboxylic acids is 1. The Labute approximate surface area is 232 Å². The maximum absolute atomic E-state index is 14.7. The van der Waals surface area contributed by atoms with Crippen molar-refractivity contribution in [2.24, 2.45) is 11.3 Å². The fourth-order valence-corrected chi connectivity index (χ4v) is 6.46. The van der Waals surface area contributed by atoms with Crippen LogP contribution in [0.4, 0.5) is 17.6 Å². The molecule has 2 fully saturated rings. The van der Waals surface area contributed by atoms with Gasteiger partial charge in [0.05, 0.1) is 17.7 Å². The molecule has 1 spiro atoms. The lowest BCUT2D eigenvalue weighted by Crippen LogP contribution is -2.56. The first kappa shape index (κ1) is 26.9. The second kappa shape index (κ2) is 9.97. The lowest BCUT2D eigenvalue weighted by molar-refractivity contribution is -0.142. The van der Waals surface area contributed by atoms with Crippen molar-refractivity contribution in [1.29, 1.82) is 0 Å². The number of aromatic nitrogens is 3. The van der Waals surface area contributed by atoms with Gasteiger partial charge in [-0.25, -0.2) is 9.07 Å². The number of nitrogens with one attached hydrogen (secondary N) is 1. The van der Waals surface area contributed by atoms with E-state index in [1.165, 1.54) is 22.9 Å². The normalized spacial score (nSPS) is 21.9. The molecule has 1 aromatic heterocycles. The predicted octanol–water partition coefficient (Wildman–Crippen LogP) is 6.07. The van der Waals surface area contributed by atoms with Crippen LogP contribution in [0.1, 0.15) is 53.6 Å². The number of carbonyl (C=O) groups excluding carboxylic acids is 1. The van der Waals surface area contributed by atoms with Gasteiger partial charge in [0, 0.05) is 18.0 Å². The van der Waals surface area contributed by atoms with Gasteiger partial charge >= 0.3 is 12.1 Å². The highest BCUT2D eigenvalue weighted by atomic mass is 19.4. The second-order valence-electron chi connectivity index (χ2n) is 11.3. The van der Waals surface area contributed by atoms with Crippen LogP contribution in [0.5, 0.6) is 0 Å². The molecule has 212 valence electrons. The third kappa shape index (κ3) is 5.28. The van der Waals surface area contributed by atoms with Crippen LogP contribution in [0.15, 0.2) is 60.7 Å². The summed E-state index contributed by atoms with van der Waals surface area (Å²) in [5, 5.41) is 20.5. The number of hydrogen-bond donors (Lipinski definition) is 2. The minimum atomic E-state index is -4.45. The van der Waals surface area contributed by atoms with Gasteiger partial charge in [-0.3, -0.25) is 9.59 Å². The monoisotopic (exact) mass is 566 g/mol. The lowest BCUT2D eigenvalue weighted by atomic mass is 9.49. The summed E-state index contributed by atoms with van der Waals surface area (Å²) in [6.45, 7) is 0.0749. The summed E-state index contributed by atoms with van der Waals surface area (Å²) in [6, 6.07) is 14.0. The Balaban J connectivity index is 1.28. The largest absolute Gasteiger partial charge is 0.481 e. The van der Waals surface area contributed by atoms with E-state index in [1.807, 2.05) is 0 Å². The molecule has 7 nitrogen and oxygen atoms in total. The fourth-order valence-electron chi connectivity index (χ4n) is 6.46. The summed E-state index contributed by atoms with van der Waals surface area (Å²) >= 11 is 0. The number of carboxylic acid groups (broad SMARTS) is 1. The molecular formula is C30H26F4N4O3. The molecule has 1 heterocycles. The van der Waals surface area contributed by atoms with Gasteiger partial charge in [0.15, 0.2) is 0 Å². The fraction of sp³-hybridized carbons (Fsp3) is 0.333. The van der Waals surface area contributed by atoms with E-state index in [0.29, 0.717) is 27.7 Å². The Hall–Kier alpha value is -4.28. The molecule has 0 atom stereocenters. The van der Waals surface area contributed by atoms with Crippen LogP contribution in [0, 0.1) is 17.2 Å². The van der Waals surface area contributed by atoms with E-state index in [-0.39, 0.29) is 41.8 Å². The van der Waals surface area contributed by atoms with Crippen molar-refractivity contribution in [3.63, 3.8) is 0 Å². The van der Waals surface area contributed by atoms with Gasteiger partial charge in [-0.15, -0.1) is 5.10 Å². The summed E-state index contributed by atoms with van der Waals surface area (Å²) in [6.07, 6.45) is -1.10. The number of hydrogen-bond acceptors (Lipinski definition) is 4. The van der Waals surface area contributed by atoms with E-state index in [1.54, 1.807) is 30.3 Å². The van der Waals surface area contributed by atoms with E-state index in [0.717, 1.165) is 37.8 Å². The van der Waals surface area contributed by atoms with Gasteiger partial charge in [0.25, 0.3) is 5.91 Å². The molecule has 0 radical (unpaired) electrons. The molecule has 6 rings (SSSR count). The molecule has 2 aliphatic rings. The maximum Gasteiger partial charge on any atom is 0.416 e. The first-order chi connectivity index (χ1) is 19.5. The highest BCUT2D eigenvalue weighted by molar-refractivity contribution is 6.06. The summed E-state index contributed by atoms with van der Waals surface area (Å²) in [5.74, 6) is -1.47. The van der Waals surface area contributed by atoms with Gasteiger partial charge in [-0.1, -0.05) is 35.5 Å². The molecule has 1 amide bonds. The number of fused-ring (bicyclic) bond motifs is 1. The quantitative estimate of drug-likeness (QED) is 0.265. The molecule has 0 aliphatic heterocycles. The predicted molar refractivity (Wildman–Crippen MR) is 141 cm³/mol. The van der Waals surface area contributed by atoms with Crippen molar-refractivity contribution in [3.05, 3.63) is 83.2 Å². The van der Waals surface area contributed by atoms with Crippen LogP contribution in [-0.4, -0.2) is 38.0 Å². The molecule has 0 unspecified atom stereocenters. The van der Waals surface area contributed by atoms with Crippen LogP contribution >= 0.6 is 0 Å². The third-order valence-corrected chi connectivity index (χ3v) is 8.25. The smallest absolute Gasteiger partial charge is 0.416 e. The van der Waals surface area contributed by atoms with Crippen molar-refractivity contribution < 1.29 is 32.3 Å². The third-order valence-electron chi connectivity index (χ3n) is 8.25. The first-order valence-electron chi connectivity index (χ1n) is 13.3. The number of rotatable bonds is 7. The molecule has 3 aromatic carbocycles. The maximum atomic E-state index is 14.7. The average molecular weight is 567 g/mol. The highest BCUT2D eigenvalue weighted by Gasteiger charge is 2.53. The minimum Gasteiger partial charge on any atom is -0.481 e. The van der Waals surface area contributed by atoms with Gasteiger partial charge in [0.2, 0.25) is 0 Å². The van der Waals surface area contributed by atoms with Gasteiger partial charge in [-0.05, 0) is 78.5 Å². The Morgan fingerprint density at radius 3 is 2.39 bits per heavy atom. The molecular weight excluding hydrogens is 540 g/mol. The van der Waals surface area contributed by atoms with Gasteiger partial charge in [0.1, 0.15) is 16.9 Å². The number of carboxylic acids is 1. The Bertz CT molecular complexity index is 1630. The van der Waals surface area contributed by atoms with Crippen molar-refractivity contribution in [2.75, 3.05) is 0 Å². The molecule has 0 saturated heterocycles. The van der Waals surface area contributed by atoms with Crippen LogP contribution in [0.3, 0.4) is 0 Å². The summed E-state index contributed by atoms with van der Waals surface area (Å²) < 4.78 is 55.2. The van der Waals surface area contributed by atoms with Crippen molar-refractivity contribution in [3.8, 4) is 11.1 Å². The van der Waals surface area contributed by atoms with Gasteiger partial charge < -0.3 is 10.4 Å². The number of carbonyl (C=O) groups is 2. The summed E-state index contributed by atoms with van der Waals surface area (Å²) in [7, 11) is 0. The highest BCUT2D eigenvalue weighted by Crippen LogP contribution is 2.59. The average Bonchev–Trinajstić information content (AvgIpc) is 3.28. The Morgan fingerprint density at radius 1 is 1.02 bits per heavy atom. The molecule has 4 aromatic rings. The SMILES string of the molecule is O=C(O)CC1CC2(C1)CC(NC(=O)c1cc(-c3ccccc3F)cc3nnn(Cc4ccc(C(F)(F)F)cc4)c13)C2. The second-order valence-corrected chi connectivity index (χ2v) is 11.3.